The number of carbonyl (C=O) groups excluding carboxylic acids is 2. The van der Waals surface area contributed by atoms with E-state index < -0.39 is 0 Å². The minimum atomic E-state index is -0.226. The van der Waals surface area contributed by atoms with Crippen molar-refractivity contribution in [1.82, 2.24) is 24.0 Å². The largest absolute Gasteiger partial charge is 0.384 e. The molecule has 1 aliphatic rings. The number of rotatable bonds is 9. The van der Waals surface area contributed by atoms with Crippen LogP contribution in [0.15, 0.2) is 67.8 Å². The molecule has 0 fully saturated rings. The molecule has 8 nitrogen and oxygen atoms in total. The summed E-state index contributed by atoms with van der Waals surface area (Å²) in [5.41, 5.74) is 2.11. The van der Waals surface area contributed by atoms with Crippen molar-refractivity contribution in [2.75, 3.05) is 18.4 Å². The van der Waals surface area contributed by atoms with Gasteiger partial charge in [-0.2, -0.15) is 0 Å². The lowest BCUT2D eigenvalue weighted by Gasteiger charge is -2.28. The van der Waals surface area contributed by atoms with Crippen molar-refractivity contribution in [2.45, 2.75) is 25.9 Å². The molecule has 0 bridgehead atoms. The van der Waals surface area contributed by atoms with Gasteiger partial charge in [0.1, 0.15) is 0 Å². The molecular formula is C24H24N6O2. The van der Waals surface area contributed by atoms with Crippen molar-refractivity contribution >= 4 is 28.3 Å². The number of imide groups is 1. The molecule has 0 unspecified atom stereocenters. The van der Waals surface area contributed by atoms with E-state index in [-0.39, 0.29) is 11.8 Å². The molecule has 2 aromatic heterocycles. The second-order valence-corrected chi connectivity index (χ2v) is 7.89. The summed E-state index contributed by atoms with van der Waals surface area (Å²) in [6.45, 7) is 2.73. The zero-order chi connectivity index (χ0) is 21.9. The van der Waals surface area contributed by atoms with Crippen molar-refractivity contribution < 1.29 is 9.59 Å². The number of imidazole rings is 2. The summed E-state index contributed by atoms with van der Waals surface area (Å²) >= 11 is 0. The van der Waals surface area contributed by atoms with E-state index in [0.717, 1.165) is 36.0 Å². The summed E-state index contributed by atoms with van der Waals surface area (Å²) in [6, 6.07) is 9.44. The van der Waals surface area contributed by atoms with Gasteiger partial charge in [0.05, 0.1) is 12.7 Å². The van der Waals surface area contributed by atoms with Crippen LogP contribution in [0.3, 0.4) is 0 Å². The third-order valence-electron chi connectivity index (χ3n) is 5.82. The Morgan fingerprint density at radius 2 is 1.47 bits per heavy atom. The minimum Gasteiger partial charge on any atom is -0.384 e. The molecule has 0 aliphatic carbocycles. The van der Waals surface area contributed by atoms with E-state index >= 15 is 0 Å². The van der Waals surface area contributed by atoms with E-state index in [2.05, 4.69) is 15.3 Å². The van der Waals surface area contributed by atoms with E-state index in [0.29, 0.717) is 30.6 Å². The monoisotopic (exact) mass is 428 g/mol. The molecule has 0 spiro atoms. The van der Waals surface area contributed by atoms with E-state index in [9.17, 15) is 9.59 Å². The number of amides is 2. The third-order valence-corrected chi connectivity index (χ3v) is 5.82. The van der Waals surface area contributed by atoms with Crippen LogP contribution in [-0.2, 0) is 13.1 Å². The Morgan fingerprint density at radius 3 is 2.16 bits per heavy atom. The molecule has 2 amide bonds. The topological polar surface area (TPSA) is 85.0 Å². The second kappa shape index (κ2) is 8.66. The molecular weight excluding hydrogens is 404 g/mol. The number of benzene rings is 2. The van der Waals surface area contributed by atoms with Crippen LogP contribution < -0.4 is 5.32 Å². The predicted molar refractivity (Wildman–Crippen MR) is 121 cm³/mol. The van der Waals surface area contributed by atoms with Crippen LogP contribution in [0.4, 0.5) is 5.69 Å². The van der Waals surface area contributed by atoms with Crippen LogP contribution in [0.25, 0.3) is 10.8 Å². The average molecular weight is 428 g/mol. The van der Waals surface area contributed by atoms with E-state index in [1.165, 1.54) is 4.90 Å². The standard InChI is InChI=1S/C24H24N6O2/c31-23-19-5-1-4-18-21(27-8-2-11-28-14-9-25-16-28)7-6-20(22(18)19)24(32)30(23)13-3-12-29-15-10-26-17-29/h1,4-7,9-10,14-17,27H,2-3,8,11-13H2. The van der Waals surface area contributed by atoms with Crippen molar-refractivity contribution in [1.29, 1.82) is 0 Å². The van der Waals surface area contributed by atoms with Gasteiger partial charge in [-0.05, 0) is 31.0 Å². The van der Waals surface area contributed by atoms with Crippen molar-refractivity contribution in [2.24, 2.45) is 0 Å². The molecule has 0 saturated carbocycles. The fourth-order valence-electron chi connectivity index (χ4n) is 4.24. The minimum absolute atomic E-state index is 0.226. The molecule has 0 atom stereocenters. The Hall–Kier alpha value is -3.94. The number of carbonyl (C=O) groups is 2. The van der Waals surface area contributed by atoms with E-state index in [1.54, 1.807) is 25.0 Å². The number of nitrogens with one attached hydrogen (secondary N) is 1. The van der Waals surface area contributed by atoms with Crippen LogP contribution in [0.1, 0.15) is 33.6 Å². The van der Waals surface area contributed by atoms with Gasteiger partial charge in [0, 0.05) is 78.6 Å². The molecule has 162 valence electrons. The van der Waals surface area contributed by atoms with Crippen LogP contribution in [-0.4, -0.2) is 48.9 Å². The summed E-state index contributed by atoms with van der Waals surface area (Å²) in [5, 5.41) is 5.11. The Labute approximate surface area is 185 Å². The first kappa shape index (κ1) is 20.0. The van der Waals surface area contributed by atoms with Crippen LogP contribution in [0.5, 0.6) is 0 Å². The third kappa shape index (κ3) is 3.75. The van der Waals surface area contributed by atoms with Gasteiger partial charge in [0.2, 0.25) is 0 Å². The fourth-order valence-corrected chi connectivity index (χ4v) is 4.24. The quantitative estimate of drug-likeness (QED) is 0.326. The summed E-state index contributed by atoms with van der Waals surface area (Å²) < 4.78 is 3.98. The van der Waals surface area contributed by atoms with Crippen LogP contribution in [0.2, 0.25) is 0 Å². The summed E-state index contributed by atoms with van der Waals surface area (Å²) in [7, 11) is 0. The maximum atomic E-state index is 13.2. The zero-order valence-corrected chi connectivity index (χ0v) is 17.6. The smallest absolute Gasteiger partial charge is 0.261 e. The highest BCUT2D eigenvalue weighted by atomic mass is 16.2. The summed E-state index contributed by atoms with van der Waals surface area (Å²) in [5.74, 6) is -0.452. The van der Waals surface area contributed by atoms with Crippen LogP contribution >= 0.6 is 0 Å². The number of anilines is 1. The highest BCUT2D eigenvalue weighted by Gasteiger charge is 2.32. The first-order chi connectivity index (χ1) is 15.7. The lowest BCUT2D eigenvalue weighted by Crippen LogP contribution is -2.41. The first-order valence-electron chi connectivity index (χ1n) is 10.8. The van der Waals surface area contributed by atoms with Crippen LogP contribution in [0, 0.1) is 0 Å². The highest BCUT2D eigenvalue weighted by molar-refractivity contribution is 6.26. The molecule has 2 aromatic carbocycles. The van der Waals surface area contributed by atoms with E-state index in [4.69, 9.17) is 0 Å². The van der Waals surface area contributed by atoms with Crippen molar-refractivity contribution in [3.8, 4) is 0 Å². The molecule has 5 rings (SSSR count). The van der Waals surface area contributed by atoms with E-state index in [1.807, 2.05) is 51.9 Å². The van der Waals surface area contributed by atoms with Gasteiger partial charge in [0.25, 0.3) is 11.8 Å². The molecule has 1 aliphatic heterocycles. The van der Waals surface area contributed by atoms with Gasteiger partial charge < -0.3 is 14.5 Å². The van der Waals surface area contributed by atoms with Gasteiger partial charge in [-0.25, -0.2) is 9.97 Å². The Balaban J connectivity index is 1.33. The van der Waals surface area contributed by atoms with Crippen molar-refractivity contribution in [3.63, 3.8) is 0 Å². The number of aromatic nitrogens is 4. The molecule has 32 heavy (non-hydrogen) atoms. The number of hydrogen-bond acceptors (Lipinski definition) is 5. The SMILES string of the molecule is O=C1c2cccc3c(NCCCn4ccnc4)ccc(c23)C(=O)N1CCCn1ccnc1. The van der Waals surface area contributed by atoms with Gasteiger partial charge in [-0.1, -0.05) is 12.1 Å². The summed E-state index contributed by atoms with van der Waals surface area (Å²) in [6.07, 6.45) is 12.5. The zero-order valence-electron chi connectivity index (χ0n) is 17.6. The lowest BCUT2D eigenvalue weighted by molar-refractivity contribution is 0.0607. The number of nitrogens with zero attached hydrogens (tertiary/aromatic N) is 5. The highest BCUT2D eigenvalue weighted by Crippen LogP contribution is 2.34. The second-order valence-electron chi connectivity index (χ2n) is 7.89. The predicted octanol–water partition coefficient (Wildman–Crippen LogP) is 3.42. The number of aryl methyl sites for hydroxylation is 2. The molecule has 1 N–H and O–H groups in total. The maximum Gasteiger partial charge on any atom is 0.261 e. The molecule has 8 heteroatoms. The maximum absolute atomic E-state index is 13.2. The Morgan fingerprint density at radius 1 is 0.781 bits per heavy atom. The van der Waals surface area contributed by atoms with Gasteiger partial charge in [-0.15, -0.1) is 0 Å². The fraction of sp³-hybridized carbons (Fsp3) is 0.250. The average Bonchev–Trinajstić information content (AvgIpc) is 3.52. The Bertz CT molecular complexity index is 1220. The Kier molecular flexibility index (Phi) is 5.41. The first-order valence-corrected chi connectivity index (χ1v) is 10.8. The van der Waals surface area contributed by atoms with Gasteiger partial charge >= 0.3 is 0 Å². The van der Waals surface area contributed by atoms with Gasteiger partial charge in [0.15, 0.2) is 0 Å². The molecule has 0 saturated heterocycles. The van der Waals surface area contributed by atoms with Gasteiger partial charge in [-0.3, -0.25) is 14.5 Å². The van der Waals surface area contributed by atoms with Crippen molar-refractivity contribution in [3.05, 3.63) is 78.9 Å². The molecule has 3 heterocycles. The summed E-state index contributed by atoms with van der Waals surface area (Å²) in [4.78, 5) is 35.8. The molecule has 4 aromatic rings. The number of hydrogen-bond donors (Lipinski definition) is 1. The molecule has 0 radical (unpaired) electrons. The lowest BCUT2D eigenvalue weighted by atomic mass is 9.93. The normalized spacial score (nSPS) is 13.2.